The maximum Gasteiger partial charge on any atom is 0.0528 e. The average molecular weight is 205 g/mol. The first-order valence-electron chi connectivity index (χ1n) is 5.74. The van der Waals surface area contributed by atoms with Crippen LogP contribution in [0.3, 0.4) is 0 Å². The van der Waals surface area contributed by atoms with Crippen molar-refractivity contribution in [1.82, 2.24) is 10.3 Å². The number of nitrogens with zero attached hydrogens (tertiary/aromatic N) is 1. The molecule has 1 aliphatic rings. The lowest BCUT2D eigenvalue weighted by Gasteiger charge is -2.18. The molecule has 2 N–H and O–H groups in total. The summed E-state index contributed by atoms with van der Waals surface area (Å²) in [7, 11) is 0. The van der Waals surface area contributed by atoms with Gasteiger partial charge in [0, 0.05) is 24.5 Å². The molecule has 1 aromatic rings. The third-order valence-corrected chi connectivity index (χ3v) is 2.88. The van der Waals surface area contributed by atoms with Crippen LogP contribution in [0.2, 0.25) is 0 Å². The van der Waals surface area contributed by atoms with Gasteiger partial charge >= 0.3 is 0 Å². The van der Waals surface area contributed by atoms with Crippen LogP contribution in [0.5, 0.6) is 0 Å². The molecule has 0 aromatic carbocycles. The van der Waals surface area contributed by atoms with Gasteiger partial charge in [-0.3, -0.25) is 4.98 Å². The minimum absolute atomic E-state index is 0.504. The second-order valence-electron chi connectivity index (χ2n) is 4.32. The van der Waals surface area contributed by atoms with Gasteiger partial charge < -0.3 is 10.6 Å². The molecule has 82 valence electrons. The zero-order valence-electron chi connectivity index (χ0n) is 9.24. The van der Waals surface area contributed by atoms with E-state index in [0.717, 1.165) is 5.69 Å². The van der Waals surface area contributed by atoms with E-state index in [-0.39, 0.29) is 0 Å². The van der Waals surface area contributed by atoms with E-state index in [1.54, 1.807) is 6.20 Å². The monoisotopic (exact) mass is 205 g/mol. The average Bonchev–Trinajstić information content (AvgIpc) is 2.71. The van der Waals surface area contributed by atoms with Gasteiger partial charge in [0.25, 0.3) is 0 Å². The molecular formula is C12H19N3. The molecule has 1 saturated heterocycles. The topological polar surface area (TPSA) is 37.0 Å². The Morgan fingerprint density at radius 1 is 1.67 bits per heavy atom. The van der Waals surface area contributed by atoms with Crippen molar-refractivity contribution in [3.63, 3.8) is 0 Å². The highest BCUT2D eigenvalue weighted by Crippen LogP contribution is 2.14. The zero-order valence-corrected chi connectivity index (χ0v) is 9.24. The van der Waals surface area contributed by atoms with Crippen LogP contribution in [0.25, 0.3) is 0 Å². The summed E-state index contributed by atoms with van der Waals surface area (Å²) in [6.45, 7) is 3.41. The lowest BCUT2D eigenvalue weighted by atomic mass is 10.1. The van der Waals surface area contributed by atoms with E-state index in [0.29, 0.717) is 12.1 Å². The van der Waals surface area contributed by atoms with Crippen molar-refractivity contribution >= 4 is 5.69 Å². The predicted octanol–water partition coefficient (Wildman–Crippen LogP) is 2.02. The largest absolute Gasteiger partial charge is 0.381 e. The Balaban J connectivity index is 1.79. The van der Waals surface area contributed by atoms with Crippen molar-refractivity contribution in [3.8, 4) is 0 Å². The van der Waals surface area contributed by atoms with E-state index in [1.165, 1.54) is 25.8 Å². The standard InChI is InChI=1S/C12H19N3/c1-10(8-11-4-3-7-14-11)15-12-5-2-6-13-9-12/h2,5-6,9-11,14-15H,3-4,7-8H2,1H3. The van der Waals surface area contributed by atoms with Crippen molar-refractivity contribution in [3.05, 3.63) is 24.5 Å². The second kappa shape index (κ2) is 5.12. The summed E-state index contributed by atoms with van der Waals surface area (Å²) in [4.78, 5) is 4.09. The van der Waals surface area contributed by atoms with Gasteiger partial charge in [-0.05, 0) is 44.9 Å². The predicted molar refractivity (Wildman–Crippen MR) is 63.0 cm³/mol. The number of rotatable bonds is 4. The molecule has 1 fully saturated rings. The van der Waals surface area contributed by atoms with Gasteiger partial charge in [-0.1, -0.05) is 0 Å². The van der Waals surface area contributed by atoms with Gasteiger partial charge in [-0.15, -0.1) is 0 Å². The molecule has 2 rings (SSSR count). The van der Waals surface area contributed by atoms with Crippen LogP contribution in [0.1, 0.15) is 26.2 Å². The normalized spacial score (nSPS) is 22.6. The molecule has 3 heteroatoms. The number of hydrogen-bond donors (Lipinski definition) is 2. The number of nitrogens with one attached hydrogen (secondary N) is 2. The van der Waals surface area contributed by atoms with Crippen LogP contribution in [0.15, 0.2) is 24.5 Å². The number of aromatic nitrogens is 1. The molecule has 1 aliphatic heterocycles. The maximum absolute atomic E-state index is 4.09. The highest BCUT2D eigenvalue weighted by molar-refractivity contribution is 5.40. The van der Waals surface area contributed by atoms with Crippen molar-refractivity contribution < 1.29 is 0 Å². The lowest BCUT2D eigenvalue weighted by molar-refractivity contribution is 0.523. The van der Waals surface area contributed by atoms with Gasteiger partial charge in [0.05, 0.1) is 5.69 Å². The maximum atomic E-state index is 4.09. The van der Waals surface area contributed by atoms with E-state index in [9.17, 15) is 0 Å². The van der Waals surface area contributed by atoms with Crippen molar-refractivity contribution in [2.45, 2.75) is 38.3 Å². The van der Waals surface area contributed by atoms with Gasteiger partial charge in [0.15, 0.2) is 0 Å². The van der Waals surface area contributed by atoms with Gasteiger partial charge in [-0.2, -0.15) is 0 Å². The molecule has 2 heterocycles. The van der Waals surface area contributed by atoms with Crippen LogP contribution in [0, 0.1) is 0 Å². The molecule has 0 spiro atoms. The van der Waals surface area contributed by atoms with Gasteiger partial charge in [-0.25, -0.2) is 0 Å². The highest BCUT2D eigenvalue weighted by Gasteiger charge is 2.16. The Kier molecular flexibility index (Phi) is 3.56. The third kappa shape index (κ3) is 3.20. The molecule has 0 amide bonds. The summed E-state index contributed by atoms with van der Waals surface area (Å²) in [6.07, 6.45) is 7.51. The minimum Gasteiger partial charge on any atom is -0.381 e. The Labute approximate surface area is 91.3 Å². The molecular weight excluding hydrogens is 186 g/mol. The fourth-order valence-corrected chi connectivity index (χ4v) is 2.18. The second-order valence-corrected chi connectivity index (χ2v) is 4.32. The molecule has 0 radical (unpaired) electrons. The molecule has 0 aliphatic carbocycles. The minimum atomic E-state index is 0.504. The molecule has 1 aromatic heterocycles. The lowest BCUT2D eigenvalue weighted by Crippen LogP contribution is -2.29. The van der Waals surface area contributed by atoms with Crippen molar-refractivity contribution in [2.75, 3.05) is 11.9 Å². The first-order chi connectivity index (χ1) is 7.34. The van der Waals surface area contributed by atoms with Crippen LogP contribution < -0.4 is 10.6 Å². The zero-order chi connectivity index (χ0) is 10.5. The Bertz CT molecular complexity index is 280. The van der Waals surface area contributed by atoms with Crippen LogP contribution in [-0.2, 0) is 0 Å². The first kappa shape index (κ1) is 10.4. The van der Waals surface area contributed by atoms with Crippen LogP contribution in [-0.4, -0.2) is 23.6 Å². The van der Waals surface area contributed by atoms with E-state index < -0.39 is 0 Å². The quantitative estimate of drug-likeness (QED) is 0.789. The number of anilines is 1. The third-order valence-electron chi connectivity index (χ3n) is 2.88. The van der Waals surface area contributed by atoms with E-state index in [4.69, 9.17) is 0 Å². The summed E-state index contributed by atoms with van der Waals surface area (Å²) < 4.78 is 0. The van der Waals surface area contributed by atoms with Crippen molar-refractivity contribution in [1.29, 1.82) is 0 Å². The molecule has 15 heavy (non-hydrogen) atoms. The van der Waals surface area contributed by atoms with E-state index in [1.807, 2.05) is 12.3 Å². The summed E-state index contributed by atoms with van der Waals surface area (Å²) >= 11 is 0. The van der Waals surface area contributed by atoms with Crippen molar-refractivity contribution in [2.24, 2.45) is 0 Å². The van der Waals surface area contributed by atoms with Crippen LogP contribution >= 0.6 is 0 Å². The molecule has 0 bridgehead atoms. The van der Waals surface area contributed by atoms with E-state index in [2.05, 4.69) is 28.6 Å². The summed E-state index contributed by atoms with van der Waals surface area (Å²) in [6, 6.07) is 5.23. The summed E-state index contributed by atoms with van der Waals surface area (Å²) in [5, 5.41) is 6.98. The Hall–Kier alpha value is -1.09. The first-order valence-corrected chi connectivity index (χ1v) is 5.74. The molecule has 3 nitrogen and oxygen atoms in total. The fraction of sp³-hybridized carbons (Fsp3) is 0.583. The summed E-state index contributed by atoms with van der Waals surface area (Å²) in [5.41, 5.74) is 1.11. The van der Waals surface area contributed by atoms with Gasteiger partial charge in [0.1, 0.15) is 0 Å². The highest BCUT2D eigenvalue weighted by atomic mass is 15.0. The van der Waals surface area contributed by atoms with E-state index >= 15 is 0 Å². The number of hydrogen-bond acceptors (Lipinski definition) is 3. The van der Waals surface area contributed by atoms with Gasteiger partial charge in [0.2, 0.25) is 0 Å². The molecule has 2 atom stereocenters. The fourth-order valence-electron chi connectivity index (χ4n) is 2.18. The molecule has 0 saturated carbocycles. The Morgan fingerprint density at radius 2 is 2.60 bits per heavy atom. The van der Waals surface area contributed by atoms with Crippen LogP contribution in [0.4, 0.5) is 5.69 Å². The summed E-state index contributed by atoms with van der Waals surface area (Å²) in [5.74, 6) is 0. The Morgan fingerprint density at radius 3 is 3.27 bits per heavy atom. The molecule has 2 unspecified atom stereocenters. The smallest absolute Gasteiger partial charge is 0.0528 e. The SMILES string of the molecule is CC(CC1CCCN1)Nc1cccnc1. The number of pyridine rings is 1.